The molecule has 0 amide bonds. The Hall–Kier alpha value is -2.07. The molecule has 92 valence electrons. The second kappa shape index (κ2) is 4.66. The van der Waals surface area contributed by atoms with Crippen LogP contribution in [-0.2, 0) is 0 Å². The van der Waals surface area contributed by atoms with E-state index in [-0.39, 0.29) is 17.0 Å². The topological polar surface area (TPSA) is 70.4 Å². The van der Waals surface area contributed by atoms with Gasteiger partial charge in [-0.2, -0.15) is 0 Å². The van der Waals surface area contributed by atoms with Gasteiger partial charge in [0.2, 0.25) is 0 Å². The highest BCUT2D eigenvalue weighted by Gasteiger charge is 2.15. The maximum absolute atomic E-state index is 11.0. The summed E-state index contributed by atoms with van der Waals surface area (Å²) in [6.45, 7) is 1.56. The fourth-order valence-corrected chi connectivity index (χ4v) is 1.72. The minimum Gasteiger partial charge on any atom is -0.505 e. The van der Waals surface area contributed by atoms with E-state index in [1.165, 1.54) is 6.07 Å². The molecule has 1 aromatic heterocycles. The second-order valence-corrected chi connectivity index (χ2v) is 4.24. The van der Waals surface area contributed by atoms with E-state index in [9.17, 15) is 9.90 Å². The fourth-order valence-electron chi connectivity index (χ4n) is 1.60. The van der Waals surface area contributed by atoms with Crippen LogP contribution in [0.1, 0.15) is 16.1 Å². The lowest BCUT2D eigenvalue weighted by molar-refractivity contribution is 0.0693. The molecular weight excluding hydrogens is 254 g/mol. The van der Waals surface area contributed by atoms with Crippen molar-refractivity contribution in [1.82, 2.24) is 4.98 Å². The summed E-state index contributed by atoms with van der Waals surface area (Å²) in [4.78, 5) is 15.2. The van der Waals surface area contributed by atoms with Gasteiger partial charge in [0.05, 0.1) is 11.4 Å². The zero-order valence-corrected chi connectivity index (χ0v) is 10.3. The lowest BCUT2D eigenvalue weighted by atomic mass is 10.1. The van der Waals surface area contributed by atoms with Crippen molar-refractivity contribution in [3.05, 3.63) is 46.6 Å². The zero-order valence-electron chi connectivity index (χ0n) is 9.51. The number of halogens is 1. The molecule has 0 unspecified atom stereocenters. The van der Waals surface area contributed by atoms with Crippen molar-refractivity contribution in [3.63, 3.8) is 0 Å². The van der Waals surface area contributed by atoms with Gasteiger partial charge in [-0.25, -0.2) is 9.78 Å². The first-order chi connectivity index (χ1) is 8.49. The molecule has 0 radical (unpaired) electrons. The summed E-state index contributed by atoms with van der Waals surface area (Å²) in [5.74, 6) is -1.49. The Bertz CT molecular complexity index is 608. The quantitative estimate of drug-likeness (QED) is 0.873. The average Bonchev–Trinajstić information content (AvgIpc) is 2.33. The Morgan fingerprint density at radius 1 is 1.28 bits per heavy atom. The summed E-state index contributed by atoms with van der Waals surface area (Å²) >= 11 is 5.78. The molecule has 18 heavy (non-hydrogen) atoms. The predicted molar refractivity (Wildman–Crippen MR) is 68.0 cm³/mol. The van der Waals surface area contributed by atoms with Crippen molar-refractivity contribution < 1.29 is 15.0 Å². The molecule has 1 heterocycles. The summed E-state index contributed by atoms with van der Waals surface area (Å²) in [6.07, 6.45) is 0. The number of nitrogens with zero attached hydrogens (tertiary/aromatic N) is 1. The van der Waals surface area contributed by atoms with Crippen LogP contribution in [0.15, 0.2) is 30.3 Å². The van der Waals surface area contributed by atoms with Crippen LogP contribution in [0.3, 0.4) is 0 Å². The average molecular weight is 264 g/mol. The number of pyridine rings is 1. The minimum atomic E-state index is -1.19. The van der Waals surface area contributed by atoms with Crippen LogP contribution in [-0.4, -0.2) is 21.2 Å². The van der Waals surface area contributed by atoms with Gasteiger partial charge >= 0.3 is 5.97 Å². The summed E-state index contributed by atoms with van der Waals surface area (Å²) in [6, 6.07) is 8.22. The number of hydrogen-bond donors (Lipinski definition) is 2. The number of aromatic nitrogens is 1. The van der Waals surface area contributed by atoms with Crippen molar-refractivity contribution in [2.45, 2.75) is 6.92 Å². The van der Waals surface area contributed by atoms with E-state index in [2.05, 4.69) is 4.98 Å². The van der Waals surface area contributed by atoms with Crippen molar-refractivity contribution in [2.24, 2.45) is 0 Å². The molecule has 0 saturated carbocycles. The zero-order chi connectivity index (χ0) is 13.3. The number of aromatic carboxylic acids is 1. The summed E-state index contributed by atoms with van der Waals surface area (Å²) in [5.41, 5.74) is 1.34. The molecule has 2 rings (SSSR count). The molecule has 2 N–H and O–H groups in total. The van der Waals surface area contributed by atoms with Crippen LogP contribution in [0.2, 0.25) is 5.02 Å². The van der Waals surface area contributed by atoms with E-state index in [0.29, 0.717) is 10.7 Å². The maximum Gasteiger partial charge on any atom is 0.339 e. The number of carboxylic acid groups (broad SMARTS) is 1. The SMILES string of the molecule is Cc1nc(-c2ccc(Cl)cc2)cc(C(=O)O)c1O. The van der Waals surface area contributed by atoms with Gasteiger partial charge in [0.25, 0.3) is 0 Å². The van der Waals surface area contributed by atoms with Crippen LogP contribution in [0, 0.1) is 6.92 Å². The monoisotopic (exact) mass is 263 g/mol. The van der Waals surface area contributed by atoms with Crippen LogP contribution in [0.4, 0.5) is 0 Å². The predicted octanol–water partition coefficient (Wildman–Crippen LogP) is 3.11. The molecule has 0 aliphatic rings. The normalized spacial score (nSPS) is 10.3. The number of carboxylic acids is 1. The Labute approximate surface area is 108 Å². The van der Waals surface area contributed by atoms with E-state index in [1.807, 2.05) is 0 Å². The third-order valence-corrected chi connectivity index (χ3v) is 2.79. The van der Waals surface area contributed by atoms with E-state index >= 15 is 0 Å². The third-order valence-electron chi connectivity index (χ3n) is 2.54. The highest BCUT2D eigenvalue weighted by Crippen LogP contribution is 2.27. The highest BCUT2D eigenvalue weighted by atomic mass is 35.5. The van der Waals surface area contributed by atoms with Gasteiger partial charge in [0.15, 0.2) is 5.75 Å². The molecule has 0 spiro atoms. The summed E-state index contributed by atoms with van der Waals surface area (Å²) in [7, 11) is 0. The Morgan fingerprint density at radius 3 is 2.44 bits per heavy atom. The largest absolute Gasteiger partial charge is 0.505 e. The molecule has 0 fully saturated rings. The molecule has 5 heteroatoms. The lowest BCUT2D eigenvalue weighted by Gasteiger charge is -2.07. The number of benzene rings is 1. The second-order valence-electron chi connectivity index (χ2n) is 3.80. The van der Waals surface area contributed by atoms with E-state index in [0.717, 1.165) is 5.56 Å². The standard InChI is InChI=1S/C13H10ClNO3/c1-7-12(16)10(13(17)18)6-11(15-7)8-2-4-9(14)5-3-8/h2-6,16H,1H3,(H,17,18). The van der Waals surface area contributed by atoms with Crippen molar-refractivity contribution >= 4 is 17.6 Å². The third kappa shape index (κ3) is 2.28. The number of hydrogen-bond acceptors (Lipinski definition) is 3. The van der Waals surface area contributed by atoms with Gasteiger partial charge in [-0.3, -0.25) is 0 Å². The summed E-state index contributed by atoms with van der Waals surface area (Å²) < 4.78 is 0. The molecule has 0 atom stereocenters. The van der Waals surface area contributed by atoms with Crippen LogP contribution in [0.5, 0.6) is 5.75 Å². The Morgan fingerprint density at radius 2 is 1.89 bits per heavy atom. The van der Waals surface area contributed by atoms with Gasteiger partial charge in [-0.05, 0) is 25.1 Å². The first-order valence-corrected chi connectivity index (χ1v) is 5.56. The van der Waals surface area contributed by atoms with Gasteiger partial charge in [0, 0.05) is 10.6 Å². The van der Waals surface area contributed by atoms with E-state index in [4.69, 9.17) is 16.7 Å². The van der Waals surface area contributed by atoms with Crippen LogP contribution in [0.25, 0.3) is 11.3 Å². The molecule has 0 aliphatic carbocycles. The number of aryl methyl sites for hydroxylation is 1. The van der Waals surface area contributed by atoms with Crippen LogP contribution < -0.4 is 0 Å². The first kappa shape index (κ1) is 12.4. The van der Waals surface area contributed by atoms with Crippen molar-refractivity contribution in [1.29, 1.82) is 0 Å². The number of aromatic hydroxyl groups is 1. The van der Waals surface area contributed by atoms with Crippen LogP contribution >= 0.6 is 11.6 Å². The molecule has 0 bridgehead atoms. The Balaban J connectivity index is 2.59. The Kier molecular flexibility index (Phi) is 3.21. The molecule has 1 aromatic carbocycles. The van der Waals surface area contributed by atoms with E-state index < -0.39 is 5.97 Å². The first-order valence-electron chi connectivity index (χ1n) is 5.19. The minimum absolute atomic E-state index is 0.160. The van der Waals surface area contributed by atoms with Gasteiger partial charge < -0.3 is 10.2 Å². The maximum atomic E-state index is 11.0. The fraction of sp³-hybridized carbons (Fsp3) is 0.0769. The van der Waals surface area contributed by atoms with Gasteiger partial charge in [-0.15, -0.1) is 0 Å². The van der Waals surface area contributed by atoms with Gasteiger partial charge in [0.1, 0.15) is 5.56 Å². The molecule has 4 nitrogen and oxygen atoms in total. The summed E-state index contributed by atoms with van der Waals surface area (Å²) in [5, 5.41) is 19.2. The molecule has 2 aromatic rings. The molecule has 0 saturated heterocycles. The number of rotatable bonds is 2. The van der Waals surface area contributed by atoms with Crippen molar-refractivity contribution in [3.8, 4) is 17.0 Å². The smallest absolute Gasteiger partial charge is 0.339 e. The van der Waals surface area contributed by atoms with E-state index in [1.54, 1.807) is 31.2 Å². The van der Waals surface area contributed by atoms with Gasteiger partial charge in [-0.1, -0.05) is 23.7 Å². The highest BCUT2D eigenvalue weighted by molar-refractivity contribution is 6.30. The van der Waals surface area contributed by atoms with Crippen molar-refractivity contribution in [2.75, 3.05) is 0 Å². The number of carbonyl (C=O) groups is 1. The molecule has 0 aliphatic heterocycles. The molecular formula is C13H10ClNO3. The lowest BCUT2D eigenvalue weighted by Crippen LogP contribution is -2.01.